The minimum atomic E-state index is 0.576. The van der Waals surface area contributed by atoms with E-state index in [4.69, 9.17) is 4.74 Å². The summed E-state index contributed by atoms with van der Waals surface area (Å²) < 4.78 is 5.88. The fourth-order valence-electron chi connectivity index (χ4n) is 3.18. The van der Waals surface area contributed by atoms with Crippen LogP contribution in [0.5, 0.6) is 11.6 Å². The molecule has 5 nitrogen and oxygen atoms in total. The van der Waals surface area contributed by atoms with Crippen molar-refractivity contribution in [1.82, 2.24) is 15.2 Å². The third-order valence-electron chi connectivity index (χ3n) is 3.97. The van der Waals surface area contributed by atoms with Crippen LogP contribution in [0.2, 0.25) is 0 Å². The minimum Gasteiger partial charge on any atom is -0.433 e. The number of rotatable bonds is 1. The first-order valence-corrected chi connectivity index (χ1v) is 7.46. The minimum absolute atomic E-state index is 0.576. The Morgan fingerprint density at radius 2 is 1.70 bits per heavy atom. The molecule has 0 spiro atoms. The fourth-order valence-corrected chi connectivity index (χ4v) is 3.18. The lowest BCUT2D eigenvalue weighted by Gasteiger charge is -2.33. The van der Waals surface area contributed by atoms with E-state index in [1.807, 2.05) is 12.1 Å². The average Bonchev–Trinajstić information content (AvgIpc) is 2.53. The van der Waals surface area contributed by atoms with Crippen LogP contribution in [0.4, 0.5) is 17.1 Å². The molecule has 0 amide bonds. The molecule has 1 aliphatic rings. The summed E-state index contributed by atoms with van der Waals surface area (Å²) in [6.07, 6.45) is 5.08. The highest BCUT2D eigenvalue weighted by Gasteiger charge is 2.28. The third kappa shape index (κ3) is 2.12. The Morgan fingerprint density at radius 1 is 0.957 bits per heavy atom. The van der Waals surface area contributed by atoms with Crippen molar-refractivity contribution in [3.05, 3.63) is 59.5 Å². The summed E-state index contributed by atoms with van der Waals surface area (Å²) in [6, 6.07) is 8.28. The van der Waals surface area contributed by atoms with E-state index in [0.29, 0.717) is 11.6 Å². The summed E-state index contributed by atoms with van der Waals surface area (Å²) in [5, 5.41) is 7.96. The summed E-state index contributed by atoms with van der Waals surface area (Å²) in [5.41, 5.74) is 6.54. The molecule has 0 fully saturated rings. The molecule has 0 bridgehead atoms. The predicted molar refractivity (Wildman–Crippen MR) is 88.8 cm³/mol. The maximum absolute atomic E-state index is 5.88. The van der Waals surface area contributed by atoms with Crippen molar-refractivity contribution >= 4 is 17.1 Å². The van der Waals surface area contributed by atoms with Crippen molar-refractivity contribution in [2.45, 2.75) is 20.8 Å². The van der Waals surface area contributed by atoms with Gasteiger partial charge in [0, 0.05) is 6.20 Å². The molecule has 0 saturated heterocycles. The SMILES string of the molecule is Cc1cc(C)c(N2c3cnncc3Oc3ncccc32)c(C)c1. The van der Waals surface area contributed by atoms with E-state index in [1.54, 1.807) is 18.6 Å². The normalized spacial score (nSPS) is 12.4. The van der Waals surface area contributed by atoms with Gasteiger partial charge in [-0.3, -0.25) is 0 Å². The van der Waals surface area contributed by atoms with Gasteiger partial charge in [0.15, 0.2) is 5.75 Å². The Balaban J connectivity index is 2.02. The maximum Gasteiger partial charge on any atom is 0.243 e. The number of nitrogens with zero attached hydrogens (tertiary/aromatic N) is 4. The second-order valence-corrected chi connectivity index (χ2v) is 5.75. The highest BCUT2D eigenvalue weighted by molar-refractivity contribution is 5.87. The summed E-state index contributed by atoms with van der Waals surface area (Å²) in [5.74, 6) is 1.23. The molecule has 3 aromatic rings. The topological polar surface area (TPSA) is 51.1 Å². The number of anilines is 3. The molecule has 0 unspecified atom stereocenters. The molecule has 114 valence electrons. The number of fused-ring (bicyclic) bond motifs is 2. The van der Waals surface area contributed by atoms with E-state index in [2.05, 4.69) is 53.0 Å². The molecule has 1 aromatic carbocycles. The largest absolute Gasteiger partial charge is 0.433 e. The van der Waals surface area contributed by atoms with Gasteiger partial charge in [-0.25, -0.2) is 4.98 Å². The van der Waals surface area contributed by atoms with Gasteiger partial charge >= 0.3 is 0 Å². The quantitative estimate of drug-likeness (QED) is 0.522. The van der Waals surface area contributed by atoms with Crippen LogP contribution in [0.25, 0.3) is 0 Å². The van der Waals surface area contributed by atoms with Gasteiger partial charge in [0.2, 0.25) is 5.88 Å². The van der Waals surface area contributed by atoms with E-state index in [0.717, 1.165) is 17.1 Å². The summed E-state index contributed by atoms with van der Waals surface area (Å²) in [6.45, 7) is 6.35. The van der Waals surface area contributed by atoms with Crippen LogP contribution in [0.15, 0.2) is 42.9 Å². The molecule has 0 atom stereocenters. The molecule has 23 heavy (non-hydrogen) atoms. The molecule has 0 N–H and O–H groups in total. The lowest BCUT2D eigenvalue weighted by atomic mass is 10.0. The number of hydrogen-bond donors (Lipinski definition) is 0. The van der Waals surface area contributed by atoms with Crippen molar-refractivity contribution in [3.63, 3.8) is 0 Å². The van der Waals surface area contributed by atoms with Gasteiger partial charge in [-0.1, -0.05) is 17.7 Å². The monoisotopic (exact) mass is 304 g/mol. The van der Waals surface area contributed by atoms with Crippen molar-refractivity contribution < 1.29 is 4.74 Å². The predicted octanol–water partition coefficient (Wildman–Crippen LogP) is 4.37. The van der Waals surface area contributed by atoms with E-state index >= 15 is 0 Å². The van der Waals surface area contributed by atoms with Crippen LogP contribution in [-0.2, 0) is 0 Å². The first-order chi connectivity index (χ1) is 11.1. The fraction of sp³-hybridized carbons (Fsp3) is 0.167. The van der Waals surface area contributed by atoms with E-state index in [1.165, 1.54) is 16.7 Å². The number of aryl methyl sites for hydroxylation is 3. The van der Waals surface area contributed by atoms with Crippen molar-refractivity contribution in [2.24, 2.45) is 0 Å². The number of ether oxygens (including phenoxy) is 1. The molecule has 1 aliphatic heterocycles. The maximum atomic E-state index is 5.88. The van der Waals surface area contributed by atoms with Gasteiger partial charge in [0.1, 0.15) is 11.4 Å². The second kappa shape index (κ2) is 5.05. The zero-order valence-corrected chi connectivity index (χ0v) is 13.2. The van der Waals surface area contributed by atoms with Crippen LogP contribution >= 0.6 is 0 Å². The molecule has 5 heteroatoms. The van der Waals surface area contributed by atoms with Crippen molar-refractivity contribution in [3.8, 4) is 11.6 Å². The summed E-state index contributed by atoms with van der Waals surface area (Å²) >= 11 is 0. The molecular weight excluding hydrogens is 288 g/mol. The zero-order valence-electron chi connectivity index (χ0n) is 13.2. The average molecular weight is 304 g/mol. The van der Waals surface area contributed by atoms with Gasteiger partial charge in [-0.05, 0) is 44.0 Å². The Hall–Kier alpha value is -2.95. The molecule has 3 heterocycles. The van der Waals surface area contributed by atoms with Crippen LogP contribution < -0.4 is 9.64 Å². The van der Waals surface area contributed by atoms with Gasteiger partial charge in [-0.15, -0.1) is 0 Å². The third-order valence-corrected chi connectivity index (χ3v) is 3.97. The van der Waals surface area contributed by atoms with Gasteiger partial charge in [-0.2, -0.15) is 10.2 Å². The molecule has 4 rings (SSSR count). The van der Waals surface area contributed by atoms with E-state index in [-0.39, 0.29) is 0 Å². The second-order valence-electron chi connectivity index (χ2n) is 5.75. The Bertz CT molecular complexity index is 839. The first-order valence-electron chi connectivity index (χ1n) is 7.46. The first kappa shape index (κ1) is 13.7. The standard InChI is InChI=1S/C18H16N4O/c1-11-7-12(2)17(13(3)8-11)22-14-5-4-6-19-18(14)23-16-10-21-20-9-15(16)22/h4-10H,1-3H3. The Labute approximate surface area is 134 Å². The van der Waals surface area contributed by atoms with Crippen LogP contribution in [0, 0.1) is 20.8 Å². The molecule has 2 aromatic heterocycles. The number of aromatic nitrogens is 3. The van der Waals surface area contributed by atoms with Gasteiger partial charge in [0.25, 0.3) is 0 Å². The number of pyridine rings is 1. The number of benzene rings is 1. The smallest absolute Gasteiger partial charge is 0.243 e. The lowest BCUT2D eigenvalue weighted by molar-refractivity contribution is 0.453. The molecule has 0 radical (unpaired) electrons. The Kier molecular flexibility index (Phi) is 3.01. The highest BCUT2D eigenvalue weighted by atomic mass is 16.5. The lowest BCUT2D eigenvalue weighted by Crippen LogP contribution is -2.19. The van der Waals surface area contributed by atoms with Gasteiger partial charge < -0.3 is 9.64 Å². The Morgan fingerprint density at radius 3 is 2.48 bits per heavy atom. The van der Waals surface area contributed by atoms with Crippen molar-refractivity contribution in [2.75, 3.05) is 4.90 Å². The van der Waals surface area contributed by atoms with Crippen molar-refractivity contribution in [1.29, 1.82) is 0 Å². The van der Waals surface area contributed by atoms with Crippen LogP contribution in [-0.4, -0.2) is 15.2 Å². The highest BCUT2D eigenvalue weighted by Crippen LogP contribution is 2.50. The molecule has 0 saturated carbocycles. The number of hydrogen-bond acceptors (Lipinski definition) is 5. The molecule has 0 aliphatic carbocycles. The van der Waals surface area contributed by atoms with Crippen LogP contribution in [0.1, 0.15) is 16.7 Å². The summed E-state index contributed by atoms with van der Waals surface area (Å²) in [7, 11) is 0. The molecular formula is C18H16N4O. The van der Waals surface area contributed by atoms with E-state index in [9.17, 15) is 0 Å². The van der Waals surface area contributed by atoms with E-state index < -0.39 is 0 Å². The zero-order chi connectivity index (χ0) is 16.0. The summed E-state index contributed by atoms with van der Waals surface area (Å²) in [4.78, 5) is 6.51. The van der Waals surface area contributed by atoms with Gasteiger partial charge in [0.05, 0.1) is 18.1 Å². The van der Waals surface area contributed by atoms with Crippen LogP contribution in [0.3, 0.4) is 0 Å².